The fraction of sp³-hybridized carbons (Fsp3) is 0.400. The molecule has 0 saturated carbocycles. The Balaban J connectivity index is 2.19. The van der Waals surface area contributed by atoms with E-state index >= 15 is 0 Å². The van der Waals surface area contributed by atoms with Crippen molar-refractivity contribution in [3.05, 3.63) is 40.7 Å². The molecule has 0 saturated heterocycles. The van der Waals surface area contributed by atoms with Crippen LogP contribution in [0.5, 0.6) is 5.75 Å². The minimum Gasteiger partial charge on any atom is -0.487 e. The summed E-state index contributed by atoms with van der Waals surface area (Å²) < 4.78 is 7.92. The lowest BCUT2D eigenvalue weighted by molar-refractivity contribution is 0.288. The van der Waals surface area contributed by atoms with Crippen LogP contribution in [-0.2, 0) is 13.2 Å². The van der Waals surface area contributed by atoms with Crippen LogP contribution in [0.2, 0.25) is 0 Å². The molecule has 2 rings (SSSR count). The van der Waals surface area contributed by atoms with Crippen molar-refractivity contribution >= 4 is 5.69 Å². The molecule has 1 aromatic carbocycles. The number of aromatic nitrogens is 2. The molecule has 4 heteroatoms. The summed E-state index contributed by atoms with van der Waals surface area (Å²) >= 11 is 0. The van der Waals surface area contributed by atoms with Crippen LogP contribution in [-0.4, -0.2) is 9.78 Å². The Morgan fingerprint density at radius 3 is 2.37 bits per heavy atom. The van der Waals surface area contributed by atoms with Crippen LogP contribution in [0, 0.1) is 20.8 Å². The quantitative estimate of drug-likeness (QED) is 0.859. The molecular weight excluding hydrogens is 238 g/mol. The molecule has 0 unspecified atom stereocenters. The van der Waals surface area contributed by atoms with Crippen molar-refractivity contribution in [3.63, 3.8) is 0 Å². The molecule has 0 aliphatic rings. The average molecular weight is 259 g/mol. The summed E-state index contributed by atoms with van der Waals surface area (Å²) in [5, 5.41) is 4.42. The maximum Gasteiger partial charge on any atom is 0.130 e. The number of rotatable bonds is 4. The minimum atomic E-state index is 0.528. The molecule has 0 atom stereocenters. The highest BCUT2D eigenvalue weighted by Crippen LogP contribution is 2.26. The van der Waals surface area contributed by atoms with E-state index < -0.39 is 0 Å². The summed E-state index contributed by atoms with van der Waals surface area (Å²) in [6, 6.07) is 5.93. The molecule has 1 heterocycles. The first-order valence-corrected chi connectivity index (χ1v) is 6.54. The maximum absolute atomic E-state index is 5.95. The molecule has 2 aromatic rings. The van der Waals surface area contributed by atoms with Gasteiger partial charge in [-0.2, -0.15) is 5.10 Å². The fourth-order valence-electron chi connectivity index (χ4n) is 2.35. The summed E-state index contributed by atoms with van der Waals surface area (Å²) in [6.07, 6.45) is 0. The van der Waals surface area contributed by atoms with Crippen LogP contribution >= 0.6 is 0 Å². The van der Waals surface area contributed by atoms with E-state index in [9.17, 15) is 0 Å². The van der Waals surface area contributed by atoms with Gasteiger partial charge in [-0.05, 0) is 57.0 Å². The molecule has 0 spiro atoms. The van der Waals surface area contributed by atoms with Crippen LogP contribution in [0.25, 0.3) is 0 Å². The number of aryl methyl sites for hydroxylation is 4. The molecule has 4 nitrogen and oxygen atoms in total. The largest absolute Gasteiger partial charge is 0.487 e. The molecule has 1 aromatic heterocycles. The molecule has 2 N–H and O–H groups in total. The van der Waals surface area contributed by atoms with E-state index in [4.69, 9.17) is 10.5 Å². The second-order valence-corrected chi connectivity index (χ2v) is 4.87. The highest BCUT2D eigenvalue weighted by atomic mass is 16.5. The number of ether oxygens (including phenoxy) is 1. The van der Waals surface area contributed by atoms with Crippen molar-refractivity contribution in [2.45, 2.75) is 40.8 Å². The lowest BCUT2D eigenvalue weighted by Gasteiger charge is -2.13. The number of nitrogens with two attached hydrogens (primary N) is 1. The molecule has 0 bridgehead atoms. The Bertz CT molecular complexity index is 564. The van der Waals surface area contributed by atoms with E-state index in [1.165, 1.54) is 0 Å². The zero-order valence-corrected chi connectivity index (χ0v) is 12.0. The van der Waals surface area contributed by atoms with Crippen molar-refractivity contribution < 1.29 is 4.74 Å². The Hall–Kier alpha value is -1.97. The van der Waals surface area contributed by atoms with Crippen molar-refractivity contribution in [2.24, 2.45) is 0 Å². The van der Waals surface area contributed by atoms with Crippen LogP contribution in [0.4, 0.5) is 5.69 Å². The summed E-state index contributed by atoms with van der Waals surface area (Å²) in [7, 11) is 0. The van der Waals surface area contributed by atoms with Gasteiger partial charge in [0.25, 0.3) is 0 Å². The van der Waals surface area contributed by atoms with E-state index in [0.717, 1.165) is 40.5 Å². The predicted octanol–water partition coefficient (Wildman–Crippen LogP) is 2.99. The molecule has 0 aliphatic carbocycles. The number of benzene rings is 1. The lowest BCUT2D eigenvalue weighted by Crippen LogP contribution is -2.07. The summed E-state index contributed by atoms with van der Waals surface area (Å²) in [4.78, 5) is 0. The van der Waals surface area contributed by atoms with Crippen LogP contribution in [0.15, 0.2) is 18.2 Å². The molecule has 0 amide bonds. The number of hydrogen-bond donors (Lipinski definition) is 1. The van der Waals surface area contributed by atoms with E-state index in [2.05, 4.69) is 18.1 Å². The van der Waals surface area contributed by atoms with Gasteiger partial charge in [0, 0.05) is 12.2 Å². The van der Waals surface area contributed by atoms with Crippen LogP contribution in [0.1, 0.15) is 29.4 Å². The van der Waals surface area contributed by atoms with Gasteiger partial charge in [-0.25, -0.2) is 0 Å². The Labute approximate surface area is 114 Å². The lowest BCUT2D eigenvalue weighted by atomic mass is 10.1. The second kappa shape index (κ2) is 5.34. The monoisotopic (exact) mass is 259 g/mol. The van der Waals surface area contributed by atoms with E-state index in [1.54, 1.807) is 0 Å². The third kappa shape index (κ3) is 2.89. The third-order valence-electron chi connectivity index (χ3n) is 3.13. The standard InChI is InChI=1S/C15H21N3O/c1-5-18-14(8-12(4)17-18)9-19-15-10(2)6-13(16)7-11(15)3/h6-8H,5,9,16H2,1-4H3. The maximum atomic E-state index is 5.95. The van der Waals surface area contributed by atoms with Crippen molar-refractivity contribution in [1.82, 2.24) is 9.78 Å². The van der Waals surface area contributed by atoms with E-state index in [0.29, 0.717) is 6.61 Å². The molecule has 102 valence electrons. The predicted molar refractivity (Wildman–Crippen MR) is 77.3 cm³/mol. The average Bonchev–Trinajstić information content (AvgIpc) is 2.68. The normalized spacial score (nSPS) is 10.7. The molecule has 0 fully saturated rings. The number of nitrogen functional groups attached to an aromatic ring is 1. The van der Waals surface area contributed by atoms with Gasteiger partial charge in [0.15, 0.2) is 0 Å². The highest BCUT2D eigenvalue weighted by molar-refractivity contribution is 5.52. The van der Waals surface area contributed by atoms with Gasteiger partial charge in [0.1, 0.15) is 12.4 Å². The van der Waals surface area contributed by atoms with Gasteiger partial charge in [0.05, 0.1) is 11.4 Å². The molecular formula is C15H21N3O. The van der Waals surface area contributed by atoms with Crippen molar-refractivity contribution in [1.29, 1.82) is 0 Å². The SMILES string of the molecule is CCn1nc(C)cc1COc1c(C)cc(N)cc1C. The first kappa shape index (κ1) is 13.5. The minimum absolute atomic E-state index is 0.528. The first-order chi connectivity index (χ1) is 9.01. The number of anilines is 1. The number of hydrogen-bond acceptors (Lipinski definition) is 3. The first-order valence-electron chi connectivity index (χ1n) is 6.54. The summed E-state index contributed by atoms with van der Waals surface area (Å²) in [6.45, 7) is 9.49. The van der Waals surface area contributed by atoms with Gasteiger partial charge in [0.2, 0.25) is 0 Å². The third-order valence-corrected chi connectivity index (χ3v) is 3.13. The van der Waals surface area contributed by atoms with Gasteiger partial charge in [-0.3, -0.25) is 4.68 Å². The number of nitrogens with zero attached hydrogens (tertiary/aromatic N) is 2. The Kier molecular flexibility index (Phi) is 3.79. The van der Waals surface area contributed by atoms with Crippen LogP contribution < -0.4 is 10.5 Å². The zero-order valence-electron chi connectivity index (χ0n) is 12.0. The van der Waals surface area contributed by atoms with Gasteiger partial charge >= 0.3 is 0 Å². The Morgan fingerprint density at radius 2 is 1.79 bits per heavy atom. The summed E-state index contributed by atoms with van der Waals surface area (Å²) in [5.41, 5.74) is 10.8. The van der Waals surface area contributed by atoms with Gasteiger partial charge < -0.3 is 10.5 Å². The zero-order chi connectivity index (χ0) is 14.0. The second-order valence-electron chi connectivity index (χ2n) is 4.87. The molecule has 0 radical (unpaired) electrons. The van der Waals surface area contributed by atoms with Gasteiger partial charge in [-0.15, -0.1) is 0 Å². The van der Waals surface area contributed by atoms with Crippen molar-refractivity contribution in [3.8, 4) is 5.75 Å². The smallest absolute Gasteiger partial charge is 0.130 e. The van der Waals surface area contributed by atoms with Crippen molar-refractivity contribution in [2.75, 3.05) is 5.73 Å². The van der Waals surface area contributed by atoms with Gasteiger partial charge in [-0.1, -0.05) is 0 Å². The van der Waals surface area contributed by atoms with E-state index in [-0.39, 0.29) is 0 Å². The molecule has 19 heavy (non-hydrogen) atoms. The summed E-state index contributed by atoms with van der Waals surface area (Å²) in [5.74, 6) is 0.913. The Morgan fingerprint density at radius 1 is 1.16 bits per heavy atom. The topological polar surface area (TPSA) is 53.1 Å². The van der Waals surface area contributed by atoms with E-state index in [1.807, 2.05) is 37.6 Å². The molecule has 0 aliphatic heterocycles. The highest BCUT2D eigenvalue weighted by Gasteiger charge is 2.09. The fourth-order valence-corrected chi connectivity index (χ4v) is 2.35. The van der Waals surface area contributed by atoms with Crippen LogP contribution in [0.3, 0.4) is 0 Å².